The molecule has 0 aliphatic carbocycles. The number of carbonyl (C=O) groups is 2. The zero-order valence-electron chi connectivity index (χ0n) is 23.2. The maximum absolute atomic E-state index is 13.6. The zero-order valence-corrected chi connectivity index (χ0v) is 24.8. The Hall–Kier alpha value is -4.21. The van der Waals surface area contributed by atoms with E-state index < -0.39 is 23.5 Å². The van der Waals surface area contributed by atoms with Crippen molar-refractivity contribution in [2.45, 2.75) is 42.3 Å². The van der Waals surface area contributed by atoms with Crippen LogP contribution in [0.25, 0.3) is 6.08 Å². The largest absolute Gasteiger partial charge is 0.503 e. The van der Waals surface area contributed by atoms with E-state index in [2.05, 4.69) is 17.1 Å². The Morgan fingerprint density at radius 1 is 1.02 bits per heavy atom. The summed E-state index contributed by atoms with van der Waals surface area (Å²) in [5.74, 6) is -0.422. The van der Waals surface area contributed by atoms with Crippen LogP contribution in [0.15, 0.2) is 107 Å². The molecular weight excluding hydrogens is 567 g/mol. The van der Waals surface area contributed by atoms with Gasteiger partial charge in [-0.05, 0) is 41.3 Å². The molecule has 0 radical (unpaired) electrons. The number of anilines is 1. The Balaban J connectivity index is 1.46. The molecule has 1 amide bonds. The average Bonchev–Trinajstić information content (AvgIpc) is 3.60. The first-order valence-corrected chi connectivity index (χ1v) is 15.6. The normalized spacial score (nSPS) is 15.1. The molecule has 0 saturated carbocycles. The van der Waals surface area contributed by atoms with Crippen molar-refractivity contribution in [1.29, 1.82) is 0 Å². The number of aromatic nitrogens is 2. The van der Waals surface area contributed by atoms with Crippen LogP contribution in [0.3, 0.4) is 0 Å². The molecule has 7 nitrogen and oxygen atoms in total. The zero-order chi connectivity index (χ0) is 29.3. The summed E-state index contributed by atoms with van der Waals surface area (Å²) in [7, 11) is 0. The summed E-state index contributed by atoms with van der Waals surface area (Å²) in [4.78, 5) is 28.5. The molecule has 4 aromatic rings. The second-order valence-corrected chi connectivity index (χ2v) is 11.9. The maximum Gasteiger partial charge on any atom is 0.296 e. The molecule has 42 heavy (non-hydrogen) atoms. The fourth-order valence-corrected chi connectivity index (χ4v) is 6.41. The van der Waals surface area contributed by atoms with Crippen LogP contribution in [0.4, 0.5) is 5.13 Å². The molecule has 1 aromatic heterocycles. The van der Waals surface area contributed by atoms with Crippen molar-refractivity contribution < 1.29 is 19.4 Å². The van der Waals surface area contributed by atoms with Crippen molar-refractivity contribution in [2.75, 3.05) is 11.5 Å². The summed E-state index contributed by atoms with van der Waals surface area (Å²) in [5, 5.41) is 20.0. The van der Waals surface area contributed by atoms with E-state index in [9.17, 15) is 14.7 Å². The molecule has 2 heterocycles. The lowest BCUT2D eigenvalue weighted by Crippen LogP contribution is -2.30. The Morgan fingerprint density at radius 3 is 2.55 bits per heavy atom. The molecule has 1 atom stereocenters. The molecule has 0 fully saturated rings. The van der Waals surface area contributed by atoms with Gasteiger partial charge in [0.15, 0.2) is 15.9 Å². The third-order valence-electron chi connectivity index (χ3n) is 6.70. The number of benzene rings is 3. The molecule has 1 aliphatic rings. The minimum absolute atomic E-state index is 0.0102. The number of amides is 1. The van der Waals surface area contributed by atoms with Crippen molar-refractivity contribution in [3.05, 3.63) is 119 Å². The molecule has 9 heteroatoms. The van der Waals surface area contributed by atoms with Crippen LogP contribution in [0.5, 0.6) is 5.75 Å². The number of unbranched alkanes of at least 4 members (excludes halogenated alkanes) is 2. The van der Waals surface area contributed by atoms with Crippen molar-refractivity contribution in [3.8, 4) is 5.75 Å². The quantitative estimate of drug-likeness (QED) is 0.0735. The first kappa shape index (κ1) is 29.3. The number of aliphatic hydroxyl groups excluding tert-OH is 1. The van der Waals surface area contributed by atoms with E-state index in [1.54, 1.807) is 6.08 Å². The van der Waals surface area contributed by atoms with Gasteiger partial charge in [-0.25, -0.2) is 0 Å². The molecular formula is C33H31N3O4S2. The van der Waals surface area contributed by atoms with Crippen LogP contribution < -0.4 is 9.64 Å². The summed E-state index contributed by atoms with van der Waals surface area (Å²) < 4.78 is 6.65. The van der Waals surface area contributed by atoms with Crippen molar-refractivity contribution in [1.82, 2.24) is 10.2 Å². The summed E-state index contributed by atoms with van der Waals surface area (Å²) in [6, 6.07) is 25.8. The number of hydrogen-bond acceptors (Lipinski definition) is 8. The van der Waals surface area contributed by atoms with Crippen LogP contribution >= 0.6 is 23.1 Å². The molecule has 1 N–H and O–H groups in total. The number of thioether (sulfide) groups is 1. The van der Waals surface area contributed by atoms with Crippen LogP contribution in [-0.2, 0) is 15.3 Å². The van der Waals surface area contributed by atoms with Gasteiger partial charge in [0, 0.05) is 5.75 Å². The van der Waals surface area contributed by atoms with Gasteiger partial charge in [0.2, 0.25) is 5.13 Å². The lowest BCUT2D eigenvalue weighted by molar-refractivity contribution is -0.117. The molecule has 1 aliphatic heterocycles. The number of aliphatic hydroxyl groups is 1. The van der Waals surface area contributed by atoms with E-state index in [-0.39, 0.29) is 5.57 Å². The third kappa shape index (κ3) is 6.98. The number of nitrogens with zero attached hydrogens (tertiary/aromatic N) is 3. The van der Waals surface area contributed by atoms with E-state index in [1.165, 1.54) is 34.1 Å². The van der Waals surface area contributed by atoms with E-state index in [0.717, 1.165) is 30.4 Å². The van der Waals surface area contributed by atoms with Crippen LogP contribution in [0, 0.1) is 0 Å². The second kappa shape index (κ2) is 14.1. The Bertz CT molecular complexity index is 1590. The highest BCUT2D eigenvalue weighted by atomic mass is 32.2. The second-order valence-electron chi connectivity index (χ2n) is 9.70. The number of carbonyl (C=O) groups excluding carboxylic acids is 2. The highest BCUT2D eigenvalue weighted by molar-refractivity contribution is 8.00. The topological polar surface area (TPSA) is 92.6 Å². The first-order valence-electron chi connectivity index (χ1n) is 13.8. The Kier molecular flexibility index (Phi) is 9.84. The Labute approximate surface area is 253 Å². The van der Waals surface area contributed by atoms with Gasteiger partial charge in [-0.2, -0.15) is 0 Å². The minimum Gasteiger partial charge on any atom is -0.503 e. The van der Waals surface area contributed by atoms with Gasteiger partial charge in [0.1, 0.15) is 5.75 Å². The number of hydrogen-bond donors (Lipinski definition) is 1. The highest BCUT2D eigenvalue weighted by Crippen LogP contribution is 2.44. The highest BCUT2D eigenvalue weighted by Gasteiger charge is 2.45. The minimum atomic E-state index is -0.899. The average molecular weight is 598 g/mol. The number of ketones is 1. The van der Waals surface area contributed by atoms with Crippen molar-refractivity contribution in [2.24, 2.45) is 0 Å². The molecule has 0 saturated heterocycles. The van der Waals surface area contributed by atoms with Crippen molar-refractivity contribution >= 4 is 46.0 Å². The number of rotatable bonds is 13. The van der Waals surface area contributed by atoms with E-state index >= 15 is 0 Å². The lowest BCUT2D eigenvalue weighted by atomic mass is 9.95. The lowest BCUT2D eigenvalue weighted by Gasteiger charge is -2.24. The van der Waals surface area contributed by atoms with Gasteiger partial charge in [-0.3, -0.25) is 14.5 Å². The fourth-order valence-electron chi connectivity index (χ4n) is 4.59. The molecule has 1 unspecified atom stereocenters. The van der Waals surface area contributed by atoms with Crippen molar-refractivity contribution in [3.63, 3.8) is 0 Å². The number of ether oxygens (including phenoxy) is 1. The summed E-state index contributed by atoms with van der Waals surface area (Å²) in [5.41, 5.74) is 2.59. The molecule has 3 aromatic carbocycles. The van der Waals surface area contributed by atoms with Gasteiger partial charge in [-0.15, -0.1) is 10.2 Å². The third-order valence-corrected chi connectivity index (χ3v) is 8.82. The monoisotopic (exact) mass is 597 g/mol. The molecule has 0 bridgehead atoms. The maximum atomic E-state index is 13.6. The van der Waals surface area contributed by atoms with Gasteiger partial charge in [0.25, 0.3) is 5.91 Å². The standard InChI is InChI=1S/C33H31N3O4S2/c1-2-3-10-20-40-26-17-11-16-25(21-26)29-28(27(37)19-18-23-12-6-4-7-13-23)30(38)31(39)36(29)32-34-35-33(42-32)41-22-24-14-8-5-9-15-24/h4-9,11-19,21,29,38H,2-3,10,20,22H2,1H3. The van der Waals surface area contributed by atoms with E-state index in [4.69, 9.17) is 4.74 Å². The van der Waals surface area contributed by atoms with E-state index in [0.29, 0.717) is 33.1 Å². The summed E-state index contributed by atoms with van der Waals surface area (Å²) in [6.07, 6.45) is 6.13. The van der Waals surface area contributed by atoms with E-state index in [1.807, 2.05) is 84.9 Å². The van der Waals surface area contributed by atoms with Crippen LogP contribution in [0.2, 0.25) is 0 Å². The molecule has 5 rings (SSSR count). The van der Waals surface area contributed by atoms with Crippen LogP contribution in [0.1, 0.15) is 48.9 Å². The van der Waals surface area contributed by atoms with Gasteiger partial charge in [0.05, 0.1) is 18.2 Å². The predicted octanol–water partition coefficient (Wildman–Crippen LogP) is 7.58. The van der Waals surface area contributed by atoms with Gasteiger partial charge in [-0.1, -0.05) is 122 Å². The van der Waals surface area contributed by atoms with Crippen LogP contribution in [-0.4, -0.2) is 33.6 Å². The molecule has 0 spiro atoms. The van der Waals surface area contributed by atoms with Gasteiger partial charge < -0.3 is 9.84 Å². The smallest absolute Gasteiger partial charge is 0.296 e. The Morgan fingerprint density at radius 2 is 1.79 bits per heavy atom. The summed E-state index contributed by atoms with van der Waals surface area (Å²) >= 11 is 2.76. The van der Waals surface area contributed by atoms with Gasteiger partial charge >= 0.3 is 0 Å². The fraction of sp³-hybridized carbons (Fsp3) is 0.212. The SMILES string of the molecule is CCCCCOc1cccc(C2C(C(=O)C=Cc3ccccc3)=C(O)C(=O)N2c2nnc(SCc3ccccc3)s2)c1. The summed E-state index contributed by atoms with van der Waals surface area (Å²) in [6.45, 7) is 2.70. The number of allylic oxidation sites excluding steroid dienone is 1. The predicted molar refractivity (Wildman–Crippen MR) is 168 cm³/mol. The molecule has 214 valence electrons. The first-order chi connectivity index (χ1) is 20.5.